The maximum atomic E-state index is 8.86. The lowest BCUT2D eigenvalue weighted by atomic mass is 10.3. The summed E-state index contributed by atoms with van der Waals surface area (Å²) in [7, 11) is 0. The monoisotopic (exact) mass is 257 g/mol. The molecule has 0 saturated heterocycles. The number of pyridine rings is 1. The van der Waals surface area contributed by atoms with Crippen molar-refractivity contribution in [2.75, 3.05) is 5.73 Å². The number of nitrogen functional groups attached to an aromatic ring is 1. The summed E-state index contributed by atoms with van der Waals surface area (Å²) >= 11 is 1.31. The first kappa shape index (κ1) is 12.3. The average Bonchev–Trinajstić information content (AvgIpc) is 2.30. The Hall–Kier alpha value is -2.13. The molecule has 0 radical (unpaired) electrons. The lowest BCUT2D eigenvalue weighted by Gasteiger charge is -2.03. The minimum atomic E-state index is 0.226. The normalized spacial score (nSPS) is 10.1. The minimum Gasteiger partial charge on any atom is -0.396 e. The topological polar surface area (TPSA) is 88.5 Å². The van der Waals surface area contributed by atoms with Crippen LogP contribution in [0.1, 0.15) is 17.1 Å². The molecule has 0 aromatic carbocycles. The molecule has 0 unspecified atom stereocenters. The molecule has 0 aliphatic rings. The van der Waals surface area contributed by atoms with E-state index in [0.29, 0.717) is 15.9 Å². The lowest BCUT2D eigenvalue weighted by Crippen LogP contribution is -1.96. The first-order chi connectivity index (χ1) is 8.58. The first-order valence-corrected chi connectivity index (χ1v) is 6.07. The van der Waals surface area contributed by atoms with E-state index in [1.54, 1.807) is 12.1 Å². The molecule has 0 aliphatic heterocycles. The molecule has 0 atom stereocenters. The molecule has 0 spiro atoms. The fourth-order valence-electron chi connectivity index (χ4n) is 1.43. The number of nitrogens with two attached hydrogens (primary N) is 1. The van der Waals surface area contributed by atoms with Gasteiger partial charge in [0.2, 0.25) is 0 Å². The second kappa shape index (κ2) is 5.02. The molecular formula is C12H11N5S. The van der Waals surface area contributed by atoms with E-state index >= 15 is 0 Å². The second-order valence-electron chi connectivity index (χ2n) is 3.73. The zero-order chi connectivity index (χ0) is 13.1. The molecule has 0 bridgehead atoms. The smallest absolute Gasteiger partial charge is 0.194 e. The summed E-state index contributed by atoms with van der Waals surface area (Å²) in [6.07, 6.45) is 0. The highest BCUT2D eigenvalue weighted by atomic mass is 32.2. The van der Waals surface area contributed by atoms with Crippen LogP contribution >= 0.6 is 11.8 Å². The minimum absolute atomic E-state index is 0.226. The zero-order valence-corrected chi connectivity index (χ0v) is 10.8. The van der Waals surface area contributed by atoms with Gasteiger partial charge in [0.05, 0.1) is 5.69 Å². The Bertz CT molecular complexity index is 613. The van der Waals surface area contributed by atoms with Crippen molar-refractivity contribution in [1.29, 1.82) is 5.26 Å². The molecule has 90 valence electrons. The van der Waals surface area contributed by atoms with E-state index in [1.165, 1.54) is 11.8 Å². The highest BCUT2D eigenvalue weighted by Crippen LogP contribution is 2.24. The van der Waals surface area contributed by atoms with Gasteiger partial charge in [-0.05, 0) is 43.8 Å². The first-order valence-electron chi connectivity index (χ1n) is 5.25. The van der Waals surface area contributed by atoms with E-state index in [9.17, 15) is 0 Å². The van der Waals surface area contributed by atoms with E-state index in [4.69, 9.17) is 11.0 Å². The lowest BCUT2D eigenvalue weighted by molar-refractivity contribution is 0.898. The van der Waals surface area contributed by atoms with Crippen LogP contribution in [0.5, 0.6) is 0 Å². The van der Waals surface area contributed by atoms with Crippen molar-refractivity contribution in [3.8, 4) is 6.07 Å². The number of nitriles is 1. The highest BCUT2D eigenvalue weighted by Gasteiger charge is 2.06. The van der Waals surface area contributed by atoms with Gasteiger partial charge in [0, 0.05) is 11.4 Å². The van der Waals surface area contributed by atoms with Crippen LogP contribution < -0.4 is 5.73 Å². The molecule has 0 fully saturated rings. The van der Waals surface area contributed by atoms with Crippen molar-refractivity contribution in [3.63, 3.8) is 0 Å². The van der Waals surface area contributed by atoms with Crippen LogP contribution in [-0.4, -0.2) is 15.0 Å². The molecule has 2 heterocycles. The summed E-state index contributed by atoms with van der Waals surface area (Å²) in [4.78, 5) is 12.8. The van der Waals surface area contributed by atoms with Gasteiger partial charge in [-0.3, -0.25) is 0 Å². The molecule has 0 aliphatic carbocycles. The summed E-state index contributed by atoms with van der Waals surface area (Å²) in [6.45, 7) is 3.83. The number of nitrogens with zero attached hydrogens (tertiary/aromatic N) is 4. The number of anilines is 1. The van der Waals surface area contributed by atoms with Crippen LogP contribution in [0.3, 0.4) is 0 Å². The Morgan fingerprint density at radius 1 is 1.17 bits per heavy atom. The third kappa shape index (κ3) is 2.76. The number of hydrogen-bond acceptors (Lipinski definition) is 6. The summed E-state index contributed by atoms with van der Waals surface area (Å²) in [6, 6.07) is 7.27. The molecule has 18 heavy (non-hydrogen) atoms. The van der Waals surface area contributed by atoms with Gasteiger partial charge < -0.3 is 5.73 Å². The third-order valence-electron chi connectivity index (χ3n) is 2.16. The SMILES string of the molecule is Cc1cc(C)nc(Sc2ccc(N)c(C#N)n2)n1. The predicted molar refractivity (Wildman–Crippen MR) is 69.0 cm³/mol. The van der Waals surface area contributed by atoms with Crippen molar-refractivity contribution in [2.45, 2.75) is 24.0 Å². The van der Waals surface area contributed by atoms with Crippen molar-refractivity contribution in [1.82, 2.24) is 15.0 Å². The van der Waals surface area contributed by atoms with Crippen LogP contribution in [0, 0.1) is 25.2 Å². The van der Waals surface area contributed by atoms with E-state index < -0.39 is 0 Å². The quantitative estimate of drug-likeness (QED) is 0.829. The van der Waals surface area contributed by atoms with Crippen LogP contribution in [0.15, 0.2) is 28.4 Å². The van der Waals surface area contributed by atoms with Crippen molar-refractivity contribution >= 4 is 17.4 Å². The fraction of sp³-hybridized carbons (Fsp3) is 0.167. The summed E-state index contributed by atoms with van der Waals surface area (Å²) in [5, 5.41) is 10.1. The van der Waals surface area contributed by atoms with E-state index in [-0.39, 0.29) is 5.69 Å². The largest absolute Gasteiger partial charge is 0.396 e. The molecule has 0 amide bonds. The highest BCUT2D eigenvalue weighted by molar-refractivity contribution is 7.99. The van der Waals surface area contributed by atoms with Gasteiger partial charge in [-0.1, -0.05) is 0 Å². The van der Waals surface area contributed by atoms with Crippen LogP contribution in [0.4, 0.5) is 5.69 Å². The standard InChI is InChI=1S/C12H11N5S/c1-7-5-8(2)16-12(15-7)18-11-4-3-9(14)10(6-13)17-11/h3-5H,14H2,1-2H3. The second-order valence-corrected chi connectivity index (χ2v) is 4.72. The summed E-state index contributed by atoms with van der Waals surface area (Å²) in [5.74, 6) is 0. The Kier molecular flexibility index (Phi) is 3.44. The maximum absolute atomic E-state index is 8.86. The van der Waals surface area contributed by atoms with E-state index in [0.717, 1.165) is 11.4 Å². The molecule has 5 nitrogen and oxygen atoms in total. The van der Waals surface area contributed by atoms with Gasteiger partial charge in [0.25, 0.3) is 0 Å². The molecule has 2 aromatic rings. The number of hydrogen-bond donors (Lipinski definition) is 1. The van der Waals surface area contributed by atoms with Gasteiger partial charge in [0.15, 0.2) is 10.9 Å². The van der Waals surface area contributed by atoms with E-state index in [1.807, 2.05) is 26.0 Å². The van der Waals surface area contributed by atoms with Crippen LogP contribution in [-0.2, 0) is 0 Å². The van der Waals surface area contributed by atoms with Crippen molar-refractivity contribution < 1.29 is 0 Å². The molecular weight excluding hydrogens is 246 g/mol. The molecule has 0 saturated carbocycles. The maximum Gasteiger partial charge on any atom is 0.194 e. The fourth-order valence-corrected chi connectivity index (χ4v) is 2.27. The van der Waals surface area contributed by atoms with Gasteiger partial charge in [-0.15, -0.1) is 0 Å². The molecule has 2 rings (SSSR count). The predicted octanol–water partition coefficient (Wildman–Crippen LogP) is 2.09. The Morgan fingerprint density at radius 3 is 2.44 bits per heavy atom. The average molecular weight is 257 g/mol. The van der Waals surface area contributed by atoms with Gasteiger partial charge >= 0.3 is 0 Å². The number of aryl methyl sites for hydroxylation is 2. The van der Waals surface area contributed by atoms with Gasteiger partial charge in [-0.25, -0.2) is 15.0 Å². The summed E-state index contributed by atoms with van der Waals surface area (Å²) in [5.41, 5.74) is 8.03. The van der Waals surface area contributed by atoms with Gasteiger partial charge in [0.1, 0.15) is 11.1 Å². The van der Waals surface area contributed by atoms with Gasteiger partial charge in [-0.2, -0.15) is 5.26 Å². The van der Waals surface area contributed by atoms with Crippen LogP contribution in [0.2, 0.25) is 0 Å². The zero-order valence-electron chi connectivity index (χ0n) is 10.0. The molecule has 2 aromatic heterocycles. The van der Waals surface area contributed by atoms with Crippen LogP contribution in [0.25, 0.3) is 0 Å². The third-order valence-corrected chi connectivity index (χ3v) is 2.97. The van der Waals surface area contributed by atoms with Crippen molar-refractivity contribution in [2.24, 2.45) is 0 Å². The van der Waals surface area contributed by atoms with E-state index in [2.05, 4.69) is 15.0 Å². The summed E-state index contributed by atoms with van der Waals surface area (Å²) < 4.78 is 0. The Labute approximate surface area is 109 Å². The molecule has 6 heteroatoms. The number of rotatable bonds is 2. The number of aromatic nitrogens is 3. The van der Waals surface area contributed by atoms with Crippen molar-refractivity contribution in [3.05, 3.63) is 35.3 Å². The Balaban J connectivity index is 2.31. The molecule has 2 N–H and O–H groups in total. The Morgan fingerprint density at radius 2 is 1.83 bits per heavy atom.